The number of aryl methyl sites for hydroxylation is 1. The van der Waals surface area contributed by atoms with Crippen LogP contribution in [0.15, 0.2) is 42.5 Å². The summed E-state index contributed by atoms with van der Waals surface area (Å²) in [4.78, 5) is 27.2. The van der Waals surface area contributed by atoms with Crippen LogP contribution < -0.4 is 9.62 Å². The number of carbonyl (C=O) groups excluding carboxylic acids is 2. The Morgan fingerprint density at radius 2 is 1.76 bits per heavy atom. The molecule has 0 aromatic heterocycles. The van der Waals surface area contributed by atoms with E-state index in [0.717, 1.165) is 16.1 Å². The summed E-state index contributed by atoms with van der Waals surface area (Å²) < 4.78 is 40.3. The fourth-order valence-electron chi connectivity index (χ4n) is 3.15. The third-order valence-electron chi connectivity index (χ3n) is 5.02. The molecule has 0 aliphatic carbocycles. The van der Waals surface area contributed by atoms with Gasteiger partial charge in [0.2, 0.25) is 21.8 Å². The summed E-state index contributed by atoms with van der Waals surface area (Å²) in [7, 11) is -3.87. The minimum atomic E-state index is -3.87. The van der Waals surface area contributed by atoms with Crippen molar-refractivity contribution < 1.29 is 22.4 Å². The van der Waals surface area contributed by atoms with Crippen LogP contribution in [0.5, 0.6) is 0 Å². The summed E-state index contributed by atoms with van der Waals surface area (Å²) in [6.45, 7) is 6.06. The number of nitrogens with one attached hydrogen (secondary N) is 1. The van der Waals surface area contributed by atoms with Gasteiger partial charge in [-0.05, 0) is 51.5 Å². The van der Waals surface area contributed by atoms with Crippen LogP contribution in [0.4, 0.5) is 10.1 Å². The van der Waals surface area contributed by atoms with Gasteiger partial charge < -0.3 is 10.2 Å². The summed E-state index contributed by atoms with van der Waals surface area (Å²) in [6, 6.07) is 9.42. The molecule has 0 bridgehead atoms. The monoisotopic (exact) mass is 497 g/mol. The number of rotatable bonds is 9. The fourth-order valence-corrected chi connectivity index (χ4v) is 4.16. The Morgan fingerprint density at radius 3 is 2.30 bits per heavy atom. The summed E-state index contributed by atoms with van der Waals surface area (Å²) in [6.07, 6.45) is 0.976. The summed E-state index contributed by atoms with van der Waals surface area (Å²) in [5.41, 5.74) is 1.17. The van der Waals surface area contributed by atoms with Gasteiger partial charge in [0.05, 0.1) is 11.9 Å². The Kier molecular flexibility index (Phi) is 8.85. The van der Waals surface area contributed by atoms with Gasteiger partial charge in [-0.15, -0.1) is 0 Å². The summed E-state index contributed by atoms with van der Waals surface area (Å²) in [5.74, 6) is -1.62. The van der Waals surface area contributed by atoms with Gasteiger partial charge in [0, 0.05) is 23.2 Å². The first-order chi connectivity index (χ1) is 15.3. The number of amides is 2. The Bertz CT molecular complexity index is 1120. The number of hydrogen-bond acceptors (Lipinski definition) is 4. The largest absolute Gasteiger partial charge is 0.352 e. The number of halogens is 2. The second-order valence-corrected chi connectivity index (χ2v) is 10.5. The lowest BCUT2D eigenvalue weighted by Gasteiger charge is -2.32. The minimum Gasteiger partial charge on any atom is -0.352 e. The molecule has 0 saturated heterocycles. The quantitative estimate of drug-likeness (QED) is 0.574. The van der Waals surface area contributed by atoms with Gasteiger partial charge in [-0.1, -0.05) is 35.9 Å². The van der Waals surface area contributed by atoms with Gasteiger partial charge in [0.15, 0.2) is 0 Å². The van der Waals surface area contributed by atoms with E-state index in [0.29, 0.717) is 5.02 Å². The molecule has 2 amide bonds. The molecule has 0 fully saturated rings. The number of sulfonamides is 1. The van der Waals surface area contributed by atoms with Crippen LogP contribution in [0.2, 0.25) is 5.02 Å². The van der Waals surface area contributed by atoms with Crippen LogP contribution in [0.3, 0.4) is 0 Å². The Balaban J connectivity index is 2.43. The first-order valence-electron chi connectivity index (χ1n) is 10.4. The molecule has 0 spiro atoms. The van der Waals surface area contributed by atoms with Crippen LogP contribution in [-0.4, -0.2) is 50.0 Å². The topological polar surface area (TPSA) is 86.8 Å². The fraction of sp³-hybridized carbons (Fsp3) is 0.391. The van der Waals surface area contributed by atoms with Crippen molar-refractivity contribution in [3.63, 3.8) is 0 Å². The Labute approximate surface area is 199 Å². The van der Waals surface area contributed by atoms with Crippen molar-refractivity contribution in [1.29, 1.82) is 0 Å². The lowest BCUT2D eigenvalue weighted by atomic mass is 10.1. The predicted octanol–water partition coefficient (Wildman–Crippen LogP) is 3.50. The highest BCUT2D eigenvalue weighted by Crippen LogP contribution is 2.25. The molecule has 33 heavy (non-hydrogen) atoms. The zero-order valence-electron chi connectivity index (χ0n) is 19.3. The molecule has 1 unspecified atom stereocenters. The zero-order chi connectivity index (χ0) is 24.9. The summed E-state index contributed by atoms with van der Waals surface area (Å²) >= 11 is 6.16. The van der Waals surface area contributed by atoms with E-state index in [-0.39, 0.29) is 23.8 Å². The van der Waals surface area contributed by atoms with Gasteiger partial charge in [-0.2, -0.15) is 0 Å². The zero-order valence-corrected chi connectivity index (χ0v) is 20.9. The third-order valence-corrected chi connectivity index (χ3v) is 6.57. The molecule has 10 heteroatoms. The molecular formula is C23H29ClFN3O4S. The summed E-state index contributed by atoms with van der Waals surface area (Å²) in [5, 5.41) is 3.08. The van der Waals surface area contributed by atoms with Crippen molar-refractivity contribution >= 4 is 39.1 Å². The number of anilines is 1. The normalized spacial score (nSPS) is 12.4. The van der Waals surface area contributed by atoms with E-state index in [2.05, 4.69) is 5.32 Å². The van der Waals surface area contributed by atoms with Crippen molar-refractivity contribution in [2.24, 2.45) is 0 Å². The molecule has 2 rings (SSSR count). The highest BCUT2D eigenvalue weighted by Gasteiger charge is 2.30. The molecule has 2 aromatic rings. The molecule has 180 valence electrons. The lowest BCUT2D eigenvalue weighted by Crippen LogP contribution is -2.52. The van der Waals surface area contributed by atoms with Crippen molar-refractivity contribution in [3.8, 4) is 0 Å². The minimum absolute atomic E-state index is 0.174. The number of benzene rings is 2. The highest BCUT2D eigenvalue weighted by molar-refractivity contribution is 7.92. The van der Waals surface area contributed by atoms with E-state index >= 15 is 0 Å². The highest BCUT2D eigenvalue weighted by atomic mass is 35.5. The van der Waals surface area contributed by atoms with Crippen molar-refractivity contribution in [2.45, 2.75) is 46.3 Å². The third kappa shape index (κ3) is 7.17. The molecule has 0 aliphatic rings. The average Bonchev–Trinajstić information content (AvgIpc) is 2.71. The Morgan fingerprint density at radius 1 is 1.12 bits per heavy atom. The molecule has 0 radical (unpaired) electrons. The maximum absolute atomic E-state index is 14.3. The number of carbonyl (C=O) groups is 2. The maximum Gasteiger partial charge on any atom is 0.244 e. The van der Waals surface area contributed by atoms with Crippen molar-refractivity contribution in [3.05, 3.63) is 64.4 Å². The van der Waals surface area contributed by atoms with Crippen LogP contribution in [-0.2, 0) is 26.2 Å². The van der Waals surface area contributed by atoms with Crippen LogP contribution >= 0.6 is 11.6 Å². The van der Waals surface area contributed by atoms with Gasteiger partial charge >= 0.3 is 0 Å². The molecule has 0 saturated carbocycles. The first-order valence-corrected chi connectivity index (χ1v) is 12.6. The molecule has 7 nitrogen and oxygen atoms in total. The molecule has 1 atom stereocenters. The van der Waals surface area contributed by atoms with E-state index in [1.54, 1.807) is 39.0 Å². The SMILES string of the molecule is Cc1ccc(N(CC(=O)N(Cc2ccccc2F)C(C)C(=O)NC(C)C)S(C)(=O)=O)cc1Cl. The van der Waals surface area contributed by atoms with E-state index in [9.17, 15) is 22.4 Å². The molecule has 1 N–H and O–H groups in total. The second kappa shape index (κ2) is 11.0. The van der Waals surface area contributed by atoms with Crippen molar-refractivity contribution in [1.82, 2.24) is 10.2 Å². The molecule has 2 aromatic carbocycles. The number of nitrogens with zero attached hydrogens (tertiary/aromatic N) is 2. The number of hydrogen-bond donors (Lipinski definition) is 1. The van der Waals surface area contributed by atoms with E-state index in [4.69, 9.17) is 11.6 Å². The van der Waals surface area contributed by atoms with Gasteiger partial charge in [0.25, 0.3) is 0 Å². The predicted molar refractivity (Wildman–Crippen MR) is 128 cm³/mol. The molecule has 0 heterocycles. The lowest BCUT2D eigenvalue weighted by molar-refractivity contribution is -0.139. The van der Waals surface area contributed by atoms with Gasteiger partial charge in [0.1, 0.15) is 18.4 Å². The smallest absolute Gasteiger partial charge is 0.244 e. The van der Waals surface area contributed by atoms with Crippen LogP contribution in [0.1, 0.15) is 31.9 Å². The van der Waals surface area contributed by atoms with E-state index < -0.39 is 40.2 Å². The first kappa shape index (κ1) is 26.6. The van der Waals surface area contributed by atoms with Crippen LogP contribution in [0.25, 0.3) is 0 Å². The van der Waals surface area contributed by atoms with E-state index in [1.165, 1.54) is 36.1 Å². The Hall–Kier alpha value is -2.65. The van der Waals surface area contributed by atoms with Gasteiger partial charge in [-0.25, -0.2) is 12.8 Å². The average molecular weight is 498 g/mol. The van der Waals surface area contributed by atoms with Crippen LogP contribution in [0, 0.1) is 12.7 Å². The molecular weight excluding hydrogens is 469 g/mol. The standard InChI is InChI=1S/C23H29ClFN3O4S/c1-15(2)26-23(30)17(4)27(13-18-8-6-7-9-21(18)25)22(29)14-28(33(5,31)32)19-11-10-16(3)20(24)12-19/h6-12,15,17H,13-14H2,1-5H3,(H,26,30). The second-order valence-electron chi connectivity index (χ2n) is 8.16. The van der Waals surface area contributed by atoms with E-state index in [1.807, 2.05) is 0 Å². The molecule has 0 aliphatic heterocycles. The maximum atomic E-state index is 14.3. The van der Waals surface area contributed by atoms with Crippen molar-refractivity contribution in [2.75, 3.05) is 17.1 Å². The van der Waals surface area contributed by atoms with Gasteiger partial charge in [-0.3, -0.25) is 13.9 Å².